The Hall–Kier alpha value is -0.120. The van der Waals surface area contributed by atoms with Crippen LogP contribution in [0.5, 0.6) is 0 Å². The van der Waals surface area contributed by atoms with E-state index in [0.717, 1.165) is 6.54 Å². The molecular formula is C21H46NO2+. The lowest BCUT2D eigenvalue weighted by Gasteiger charge is -2.26. The fraction of sp³-hybridized carbons (Fsp3) is 1.00. The molecule has 0 spiro atoms. The zero-order valence-electron chi connectivity index (χ0n) is 17.3. The highest BCUT2D eigenvalue weighted by Gasteiger charge is 2.15. The summed E-state index contributed by atoms with van der Waals surface area (Å²) in [4.78, 5) is 5.80. The van der Waals surface area contributed by atoms with Crippen LogP contribution in [0.25, 0.3) is 0 Å². The molecule has 0 rings (SSSR count). The molecule has 0 aromatic carbocycles. The average molecular weight is 345 g/mol. The zero-order valence-corrected chi connectivity index (χ0v) is 17.3. The van der Waals surface area contributed by atoms with Gasteiger partial charge in [-0.3, -0.25) is 0 Å². The van der Waals surface area contributed by atoms with Crippen molar-refractivity contribution in [2.24, 2.45) is 0 Å². The van der Waals surface area contributed by atoms with E-state index in [2.05, 4.69) is 21.0 Å². The van der Waals surface area contributed by atoms with Gasteiger partial charge in [0, 0.05) is 7.11 Å². The van der Waals surface area contributed by atoms with E-state index >= 15 is 0 Å². The lowest BCUT2D eigenvalue weighted by atomic mass is 10.0. The second-order valence-corrected chi connectivity index (χ2v) is 7.72. The molecule has 146 valence electrons. The molecule has 0 heterocycles. The minimum absolute atomic E-state index is 0.654. The summed E-state index contributed by atoms with van der Waals surface area (Å²) in [5, 5.41) is 0. The number of rotatable bonds is 19. The number of nitrogens with zero attached hydrogens (tertiary/aromatic N) is 1. The van der Waals surface area contributed by atoms with Gasteiger partial charge in [-0.05, 0) is 12.8 Å². The third-order valence-electron chi connectivity index (χ3n) is 4.78. The fourth-order valence-electron chi connectivity index (χ4n) is 3.12. The first kappa shape index (κ1) is 23.9. The van der Waals surface area contributed by atoms with Crippen molar-refractivity contribution in [3.63, 3.8) is 0 Å². The number of unbranched alkanes of at least 4 members (excludes halogenated alkanes) is 13. The van der Waals surface area contributed by atoms with Crippen LogP contribution in [0.15, 0.2) is 0 Å². The SMILES string of the molecule is CCCCCCCCCCCCCCCC[N+](C)(C)OCCOC. The van der Waals surface area contributed by atoms with Crippen molar-refractivity contribution in [1.29, 1.82) is 0 Å². The number of hydrogen-bond donors (Lipinski definition) is 0. The Balaban J connectivity index is 3.19. The number of methoxy groups -OCH3 is 1. The van der Waals surface area contributed by atoms with Crippen molar-refractivity contribution in [3.8, 4) is 0 Å². The maximum atomic E-state index is 5.80. The Kier molecular flexibility index (Phi) is 17.6. The van der Waals surface area contributed by atoms with Gasteiger partial charge < -0.3 is 4.74 Å². The van der Waals surface area contributed by atoms with Crippen molar-refractivity contribution >= 4 is 0 Å². The molecule has 0 aliphatic carbocycles. The van der Waals surface area contributed by atoms with Gasteiger partial charge in [0.05, 0.1) is 20.7 Å². The molecule has 0 bridgehead atoms. The Morgan fingerprint density at radius 2 is 1.00 bits per heavy atom. The smallest absolute Gasteiger partial charge is 0.129 e. The normalized spacial score (nSPS) is 12.0. The van der Waals surface area contributed by atoms with E-state index in [1.165, 1.54) is 89.9 Å². The first-order valence-corrected chi connectivity index (χ1v) is 10.6. The molecule has 3 nitrogen and oxygen atoms in total. The van der Waals surface area contributed by atoms with Gasteiger partial charge in [0.2, 0.25) is 0 Å². The van der Waals surface area contributed by atoms with Gasteiger partial charge in [-0.2, -0.15) is 4.65 Å². The number of hydrogen-bond acceptors (Lipinski definition) is 2. The summed E-state index contributed by atoms with van der Waals surface area (Å²) in [5.41, 5.74) is 0. The second kappa shape index (κ2) is 17.7. The van der Waals surface area contributed by atoms with E-state index in [1.807, 2.05) is 0 Å². The Morgan fingerprint density at radius 1 is 0.583 bits per heavy atom. The van der Waals surface area contributed by atoms with Crippen LogP contribution in [0.4, 0.5) is 0 Å². The lowest BCUT2D eigenvalue weighted by molar-refractivity contribution is -1.08. The van der Waals surface area contributed by atoms with E-state index in [0.29, 0.717) is 17.9 Å². The standard InChI is InChI=1S/C21H46NO2/c1-5-6-7-8-9-10-11-12-13-14-15-16-17-18-19-22(2,3)24-21-20-23-4/h5-21H2,1-4H3/q+1. The largest absolute Gasteiger partial charge is 0.382 e. The van der Waals surface area contributed by atoms with Crippen LogP contribution in [0.2, 0.25) is 0 Å². The third kappa shape index (κ3) is 18.2. The lowest BCUT2D eigenvalue weighted by Crippen LogP contribution is -2.41. The molecule has 0 aromatic heterocycles. The number of quaternary nitrogens is 1. The van der Waals surface area contributed by atoms with E-state index in [9.17, 15) is 0 Å². The van der Waals surface area contributed by atoms with Crippen LogP contribution in [0.3, 0.4) is 0 Å². The van der Waals surface area contributed by atoms with E-state index in [1.54, 1.807) is 7.11 Å². The monoisotopic (exact) mass is 344 g/mol. The maximum absolute atomic E-state index is 5.80. The van der Waals surface area contributed by atoms with Crippen LogP contribution < -0.4 is 0 Å². The van der Waals surface area contributed by atoms with E-state index < -0.39 is 0 Å². The molecule has 3 heteroatoms. The summed E-state index contributed by atoms with van der Waals surface area (Å²) >= 11 is 0. The van der Waals surface area contributed by atoms with Crippen molar-refractivity contribution in [1.82, 2.24) is 0 Å². The van der Waals surface area contributed by atoms with Gasteiger partial charge in [-0.15, -0.1) is 0 Å². The fourth-order valence-corrected chi connectivity index (χ4v) is 3.12. The Bertz CT molecular complexity index is 244. The van der Waals surface area contributed by atoms with Crippen molar-refractivity contribution in [2.75, 3.05) is 41.0 Å². The second-order valence-electron chi connectivity index (χ2n) is 7.72. The molecule has 0 aliphatic rings. The van der Waals surface area contributed by atoms with Gasteiger partial charge in [-0.25, -0.2) is 4.84 Å². The Labute approximate surface area is 152 Å². The minimum atomic E-state index is 0.654. The van der Waals surface area contributed by atoms with Gasteiger partial charge in [0.1, 0.15) is 13.2 Å². The molecule has 0 radical (unpaired) electrons. The van der Waals surface area contributed by atoms with Crippen LogP contribution in [0, 0.1) is 0 Å². The highest BCUT2D eigenvalue weighted by atomic mass is 16.7. The zero-order chi connectivity index (χ0) is 17.9. The van der Waals surface area contributed by atoms with Crippen molar-refractivity contribution in [2.45, 2.75) is 96.8 Å². The summed E-state index contributed by atoms with van der Waals surface area (Å²) in [6, 6.07) is 0. The summed E-state index contributed by atoms with van der Waals surface area (Å²) in [6.45, 7) is 4.75. The van der Waals surface area contributed by atoms with Gasteiger partial charge in [0.15, 0.2) is 0 Å². The summed E-state index contributed by atoms with van der Waals surface area (Å²) in [6.07, 6.45) is 19.8. The summed E-state index contributed by atoms with van der Waals surface area (Å²) in [7, 11) is 5.99. The Morgan fingerprint density at radius 3 is 1.42 bits per heavy atom. The molecule has 0 atom stereocenters. The number of ether oxygens (including phenoxy) is 1. The van der Waals surface area contributed by atoms with E-state index in [4.69, 9.17) is 9.57 Å². The molecule has 0 saturated carbocycles. The molecular weight excluding hydrogens is 298 g/mol. The van der Waals surface area contributed by atoms with Crippen molar-refractivity contribution < 1.29 is 14.2 Å². The average Bonchev–Trinajstić information content (AvgIpc) is 2.55. The van der Waals surface area contributed by atoms with Crippen LogP contribution >= 0.6 is 0 Å². The van der Waals surface area contributed by atoms with Crippen molar-refractivity contribution in [3.05, 3.63) is 0 Å². The molecule has 0 N–H and O–H groups in total. The highest BCUT2D eigenvalue weighted by molar-refractivity contribution is 4.49. The van der Waals surface area contributed by atoms with Gasteiger partial charge in [0.25, 0.3) is 0 Å². The molecule has 0 amide bonds. The highest BCUT2D eigenvalue weighted by Crippen LogP contribution is 2.13. The molecule has 0 saturated heterocycles. The predicted octanol–water partition coefficient (Wildman–Crippen LogP) is 6.12. The summed E-state index contributed by atoms with van der Waals surface area (Å²) in [5.74, 6) is 0. The molecule has 0 unspecified atom stereocenters. The third-order valence-corrected chi connectivity index (χ3v) is 4.78. The van der Waals surface area contributed by atoms with Gasteiger partial charge in [-0.1, -0.05) is 84.0 Å². The molecule has 0 aromatic rings. The van der Waals surface area contributed by atoms with Gasteiger partial charge >= 0.3 is 0 Å². The topological polar surface area (TPSA) is 18.5 Å². The number of hydroxylamine groups is 3. The van der Waals surface area contributed by atoms with Crippen LogP contribution in [0.1, 0.15) is 96.8 Å². The quantitative estimate of drug-likeness (QED) is 0.160. The molecule has 0 aliphatic heterocycles. The minimum Gasteiger partial charge on any atom is -0.382 e. The van der Waals surface area contributed by atoms with Crippen LogP contribution in [-0.2, 0) is 9.57 Å². The van der Waals surface area contributed by atoms with Crippen LogP contribution in [-0.4, -0.2) is 45.6 Å². The molecule has 24 heavy (non-hydrogen) atoms. The first-order chi connectivity index (χ1) is 11.6. The maximum Gasteiger partial charge on any atom is 0.129 e. The molecule has 0 fully saturated rings. The first-order valence-electron chi connectivity index (χ1n) is 10.6. The van der Waals surface area contributed by atoms with E-state index in [-0.39, 0.29) is 0 Å². The summed E-state index contributed by atoms with van der Waals surface area (Å²) < 4.78 is 5.68. The predicted molar refractivity (Wildman–Crippen MR) is 105 cm³/mol.